The maximum atomic E-state index is 11.2. The highest BCUT2D eigenvalue weighted by Crippen LogP contribution is 2.27. The molecule has 0 saturated carbocycles. The van der Waals surface area contributed by atoms with Crippen LogP contribution in [0.15, 0.2) is 54.0 Å². The summed E-state index contributed by atoms with van der Waals surface area (Å²) in [6.45, 7) is 0. The minimum absolute atomic E-state index is 0.249. The van der Waals surface area contributed by atoms with E-state index in [9.17, 15) is 8.42 Å². The van der Waals surface area contributed by atoms with Crippen LogP contribution in [0.1, 0.15) is 0 Å². The van der Waals surface area contributed by atoms with Crippen LogP contribution in [0.2, 0.25) is 0 Å². The molecule has 0 spiro atoms. The first-order valence-corrected chi connectivity index (χ1v) is 9.33. The molecule has 0 unspecified atom stereocenters. The second-order valence-corrected chi connectivity index (χ2v) is 7.13. The van der Waals surface area contributed by atoms with Crippen LogP contribution in [-0.2, 0) is 10.1 Å². The third kappa shape index (κ3) is 4.27. The number of nitrogens with one attached hydrogen (secondary N) is 1. The molecule has 0 radical (unpaired) electrons. The number of benzene rings is 1. The summed E-state index contributed by atoms with van der Waals surface area (Å²) in [6, 6.07) is 12.3. The largest absolute Gasteiger partial charge is 0.383 e. The van der Waals surface area contributed by atoms with Gasteiger partial charge in [0, 0.05) is 23.3 Å². The van der Waals surface area contributed by atoms with Gasteiger partial charge in [-0.15, -0.1) is 11.3 Å². The van der Waals surface area contributed by atoms with Crippen molar-refractivity contribution in [3.8, 4) is 17.1 Å². The molecule has 8 heteroatoms. The topological polar surface area (TPSA) is 81.2 Å². The van der Waals surface area contributed by atoms with Gasteiger partial charge in [-0.1, -0.05) is 12.1 Å². The molecule has 0 saturated heterocycles. The summed E-state index contributed by atoms with van der Waals surface area (Å²) in [5.74, 6) is 0.249. The van der Waals surface area contributed by atoms with Gasteiger partial charge in [0.2, 0.25) is 0 Å². The minimum Gasteiger partial charge on any atom is -0.383 e. The monoisotopic (exact) mass is 347 g/mol. The zero-order valence-corrected chi connectivity index (χ0v) is 13.8. The van der Waals surface area contributed by atoms with Crippen LogP contribution in [0.3, 0.4) is 0 Å². The van der Waals surface area contributed by atoms with Gasteiger partial charge in [-0.3, -0.25) is 4.98 Å². The molecule has 1 N–H and O–H groups in total. The smallest absolute Gasteiger partial charge is 0.306 e. The first kappa shape index (κ1) is 15.4. The summed E-state index contributed by atoms with van der Waals surface area (Å²) in [6.07, 6.45) is 2.72. The Hall–Kier alpha value is -2.45. The number of thiazole rings is 1. The third-order valence-electron chi connectivity index (χ3n) is 2.76. The van der Waals surface area contributed by atoms with Crippen molar-refractivity contribution in [3.05, 3.63) is 54.0 Å². The molecule has 0 fully saturated rings. The highest BCUT2D eigenvalue weighted by Gasteiger charge is 2.08. The SMILES string of the molecule is CS(=O)(=O)Oc1cccc(Nc2nc(-c3ccccn3)cs2)c1. The Balaban J connectivity index is 1.78. The lowest BCUT2D eigenvalue weighted by molar-refractivity contribution is 0.493. The van der Waals surface area contributed by atoms with E-state index in [1.165, 1.54) is 11.3 Å². The minimum atomic E-state index is -3.55. The lowest BCUT2D eigenvalue weighted by Crippen LogP contribution is -2.05. The van der Waals surface area contributed by atoms with E-state index >= 15 is 0 Å². The van der Waals surface area contributed by atoms with Crippen molar-refractivity contribution in [2.24, 2.45) is 0 Å². The molecule has 23 heavy (non-hydrogen) atoms. The second kappa shape index (κ2) is 6.35. The van der Waals surface area contributed by atoms with Crippen molar-refractivity contribution in [1.82, 2.24) is 9.97 Å². The summed E-state index contributed by atoms with van der Waals surface area (Å²) in [5.41, 5.74) is 2.26. The van der Waals surface area contributed by atoms with Crippen molar-refractivity contribution in [2.45, 2.75) is 0 Å². The van der Waals surface area contributed by atoms with E-state index in [1.807, 2.05) is 23.6 Å². The Morgan fingerprint density at radius 3 is 2.74 bits per heavy atom. The fourth-order valence-corrected chi connectivity index (χ4v) is 3.06. The number of aromatic nitrogens is 2. The fraction of sp³-hybridized carbons (Fsp3) is 0.0667. The van der Waals surface area contributed by atoms with Gasteiger partial charge in [0.05, 0.1) is 11.9 Å². The Morgan fingerprint density at radius 2 is 2.00 bits per heavy atom. The molecule has 0 amide bonds. The lowest BCUT2D eigenvalue weighted by Gasteiger charge is -2.06. The van der Waals surface area contributed by atoms with Crippen molar-refractivity contribution >= 4 is 32.3 Å². The van der Waals surface area contributed by atoms with E-state index in [1.54, 1.807) is 30.5 Å². The van der Waals surface area contributed by atoms with Gasteiger partial charge in [-0.2, -0.15) is 8.42 Å². The van der Waals surface area contributed by atoms with Gasteiger partial charge < -0.3 is 9.50 Å². The van der Waals surface area contributed by atoms with Crippen LogP contribution < -0.4 is 9.50 Å². The first-order valence-electron chi connectivity index (χ1n) is 6.63. The molecule has 2 aromatic heterocycles. The number of pyridine rings is 1. The summed E-state index contributed by atoms with van der Waals surface area (Å²) in [5, 5.41) is 5.71. The second-order valence-electron chi connectivity index (χ2n) is 4.69. The zero-order chi connectivity index (χ0) is 16.3. The molecule has 6 nitrogen and oxygen atoms in total. The van der Waals surface area contributed by atoms with E-state index < -0.39 is 10.1 Å². The Morgan fingerprint density at radius 1 is 1.13 bits per heavy atom. The molecule has 0 aliphatic carbocycles. The van der Waals surface area contributed by atoms with E-state index in [2.05, 4.69) is 15.3 Å². The summed E-state index contributed by atoms with van der Waals surface area (Å²) in [4.78, 5) is 8.72. The van der Waals surface area contributed by atoms with Crippen molar-refractivity contribution in [1.29, 1.82) is 0 Å². The molecule has 1 aromatic carbocycles. The van der Waals surface area contributed by atoms with Crippen molar-refractivity contribution < 1.29 is 12.6 Å². The van der Waals surface area contributed by atoms with E-state index in [4.69, 9.17) is 4.18 Å². The average molecular weight is 347 g/mol. The van der Waals surface area contributed by atoms with E-state index in [-0.39, 0.29) is 5.75 Å². The standard InChI is InChI=1S/C15H13N3O3S2/c1-23(19,20)21-12-6-4-5-11(9-12)17-15-18-14(10-22-15)13-7-2-3-8-16-13/h2-10H,1H3,(H,17,18). The maximum Gasteiger partial charge on any atom is 0.306 e. The third-order valence-corrected chi connectivity index (χ3v) is 4.02. The average Bonchev–Trinajstić information content (AvgIpc) is 2.95. The van der Waals surface area contributed by atoms with Crippen LogP contribution >= 0.6 is 11.3 Å². The van der Waals surface area contributed by atoms with Gasteiger partial charge in [-0.05, 0) is 24.3 Å². The number of rotatable bonds is 5. The molecule has 0 bridgehead atoms. The molecular formula is C15H13N3O3S2. The molecular weight excluding hydrogens is 334 g/mol. The van der Waals surface area contributed by atoms with E-state index in [0.29, 0.717) is 10.8 Å². The summed E-state index contributed by atoms with van der Waals surface area (Å²) < 4.78 is 27.2. The molecule has 0 aliphatic rings. The predicted molar refractivity (Wildman–Crippen MR) is 90.5 cm³/mol. The number of hydrogen-bond donors (Lipinski definition) is 1. The van der Waals surface area contributed by atoms with Crippen molar-refractivity contribution in [3.63, 3.8) is 0 Å². The van der Waals surface area contributed by atoms with Crippen LogP contribution in [0.25, 0.3) is 11.4 Å². The van der Waals surface area contributed by atoms with Crippen LogP contribution in [0, 0.1) is 0 Å². The highest BCUT2D eigenvalue weighted by atomic mass is 32.2. The predicted octanol–water partition coefficient (Wildman–Crippen LogP) is 3.29. The van der Waals surface area contributed by atoms with Gasteiger partial charge in [0.25, 0.3) is 0 Å². The summed E-state index contributed by atoms with van der Waals surface area (Å²) >= 11 is 1.44. The quantitative estimate of drug-likeness (QED) is 0.713. The molecule has 3 aromatic rings. The van der Waals surface area contributed by atoms with Crippen LogP contribution in [0.5, 0.6) is 5.75 Å². The Bertz CT molecular complexity index is 908. The lowest BCUT2D eigenvalue weighted by atomic mass is 10.3. The number of anilines is 2. The van der Waals surface area contributed by atoms with Crippen LogP contribution in [0.4, 0.5) is 10.8 Å². The van der Waals surface area contributed by atoms with Gasteiger partial charge in [0.15, 0.2) is 5.13 Å². The molecule has 2 heterocycles. The molecule has 118 valence electrons. The normalized spacial score (nSPS) is 11.2. The van der Waals surface area contributed by atoms with Gasteiger partial charge >= 0.3 is 10.1 Å². The number of hydrogen-bond acceptors (Lipinski definition) is 7. The Labute approximate surface area is 137 Å². The van der Waals surface area contributed by atoms with Gasteiger partial charge in [0.1, 0.15) is 11.4 Å². The van der Waals surface area contributed by atoms with Crippen LogP contribution in [-0.4, -0.2) is 24.6 Å². The van der Waals surface area contributed by atoms with Crippen molar-refractivity contribution in [2.75, 3.05) is 11.6 Å². The fourth-order valence-electron chi connectivity index (χ4n) is 1.89. The molecule has 0 atom stereocenters. The zero-order valence-electron chi connectivity index (χ0n) is 12.1. The Kier molecular flexibility index (Phi) is 4.26. The highest BCUT2D eigenvalue weighted by molar-refractivity contribution is 7.86. The van der Waals surface area contributed by atoms with Gasteiger partial charge in [-0.25, -0.2) is 4.98 Å². The summed E-state index contributed by atoms with van der Waals surface area (Å²) in [7, 11) is -3.55. The maximum absolute atomic E-state index is 11.2. The molecule has 3 rings (SSSR count). The first-order chi connectivity index (χ1) is 11.0. The molecule has 0 aliphatic heterocycles. The van der Waals surface area contributed by atoms with E-state index in [0.717, 1.165) is 17.6 Å². The number of nitrogens with zero attached hydrogens (tertiary/aromatic N) is 2.